The molecule has 0 spiro atoms. The minimum atomic E-state index is -1.26. The third-order valence-corrected chi connectivity index (χ3v) is 1.30. The summed E-state index contributed by atoms with van der Waals surface area (Å²) < 4.78 is 4.37. The molecule has 1 rings (SSSR count). The van der Waals surface area contributed by atoms with Crippen molar-refractivity contribution in [1.29, 1.82) is 0 Å². The fourth-order valence-electron chi connectivity index (χ4n) is 0.638. The Morgan fingerprint density at radius 2 is 1.56 bits per heavy atom. The molecule has 0 bridgehead atoms. The topological polar surface area (TPSA) is 127 Å². The molecule has 0 aliphatic carbocycles. The molecule has 0 unspecified atom stereocenters. The number of rotatable bonds is 3. The summed E-state index contributed by atoms with van der Waals surface area (Å²) in [6.07, 6.45) is 4.09. The second-order valence-corrected chi connectivity index (χ2v) is 2.57. The fraction of sp³-hybridized carbons (Fsp3) is 0.100. The minimum absolute atomic E-state index is 0.0880. The standard InChI is InChI=1S/C6H6N2O2.C4H4O4/c1-10-6(9)5-7-3-2-4-8-5;5-3(6)1-2-4(7)8/h2-4H,1H3;1-2H,(H,5,6)(H,7,8)/b;2-1+. The van der Waals surface area contributed by atoms with E-state index in [1.807, 2.05) is 0 Å². The molecule has 0 amide bonds. The van der Waals surface area contributed by atoms with Crippen molar-refractivity contribution >= 4 is 17.9 Å². The van der Waals surface area contributed by atoms with Crippen LogP contribution >= 0.6 is 0 Å². The van der Waals surface area contributed by atoms with Crippen LogP contribution in [0.4, 0.5) is 0 Å². The first kappa shape index (κ1) is 15.2. The molecule has 0 saturated heterocycles. The normalized spacial score (nSPS) is 9.17. The van der Waals surface area contributed by atoms with Crippen molar-refractivity contribution in [3.63, 3.8) is 0 Å². The Labute approximate surface area is 102 Å². The van der Waals surface area contributed by atoms with Gasteiger partial charge in [0.2, 0.25) is 5.82 Å². The van der Waals surface area contributed by atoms with Gasteiger partial charge in [-0.05, 0) is 6.07 Å². The van der Waals surface area contributed by atoms with Crippen LogP contribution < -0.4 is 0 Å². The lowest BCUT2D eigenvalue weighted by molar-refractivity contribution is -0.134. The number of hydrogen-bond donors (Lipinski definition) is 2. The molecule has 96 valence electrons. The first-order chi connectivity index (χ1) is 8.47. The first-order valence-electron chi connectivity index (χ1n) is 4.46. The van der Waals surface area contributed by atoms with E-state index in [2.05, 4.69) is 14.7 Å². The number of hydrogen-bond acceptors (Lipinski definition) is 6. The van der Waals surface area contributed by atoms with Crippen molar-refractivity contribution in [3.8, 4) is 0 Å². The van der Waals surface area contributed by atoms with Gasteiger partial charge in [0.25, 0.3) is 0 Å². The number of methoxy groups -OCH3 is 1. The summed E-state index contributed by atoms with van der Waals surface area (Å²) in [6.45, 7) is 0. The Hall–Kier alpha value is -2.77. The zero-order valence-corrected chi connectivity index (χ0v) is 9.31. The highest BCUT2D eigenvalue weighted by molar-refractivity contribution is 5.89. The number of aromatic nitrogens is 2. The lowest BCUT2D eigenvalue weighted by Crippen LogP contribution is -2.05. The van der Waals surface area contributed by atoms with Gasteiger partial charge in [0.1, 0.15) is 0 Å². The average molecular weight is 254 g/mol. The molecule has 8 heteroatoms. The zero-order valence-electron chi connectivity index (χ0n) is 9.31. The van der Waals surface area contributed by atoms with Gasteiger partial charge >= 0.3 is 17.9 Å². The number of carboxylic acid groups (broad SMARTS) is 2. The highest BCUT2D eigenvalue weighted by atomic mass is 16.5. The lowest BCUT2D eigenvalue weighted by Gasteiger charge is -1.93. The van der Waals surface area contributed by atoms with Gasteiger partial charge < -0.3 is 14.9 Å². The lowest BCUT2D eigenvalue weighted by atomic mass is 10.5. The molecule has 0 radical (unpaired) electrons. The van der Waals surface area contributed by atoms with Crippen LogP contribution in [-0.4, -0.2) is 45.2 Å². The third kappa shape index (κ3) is 7.51. The van der Waals surface area contributed by atoms with Crippen molar-refractivity contribution < 1.29 is 29.3 Å². The van der Waals surface area contributed by atoms with Crippen molar-refractivity contribution in [2.45, 2.75) is 0 Å². The van der Waals surface area contributed by atoms with Gasteiger partial charge in [-0.15, -0.1) is 0 Å². The summed E-state index contributed by atoms with van der Waals surface area (Å²) in [5.41, 5.74) is 0. The fourth-order valence-corrected chi connectivity index (χ4v) is 0.638. The molecule has 0 atom stereocenters. The molecule has 0 aliphatic rings. The summed E-state index contributed by atoms with van der Waals surface area (Å²) >= 11 is 0. The van der Waals surface area contributed by atoms with Gasteiger partial charge in [-0.3, -0.25) is 0 Å². The smallest absolute Gasteiger partial charge is 0.376 e. The van der Waals surface area contributed by atoms with E-state index in [4.69, 9.17) is 10.2 Å². The Bertz CT molecular complexity index is 427. The van der Waals surface area contributed by atoms with Crippen LogP contribution in [-0.2, 0) is 14.3 Å². The number of aliphatic carboxylic acids is 2. The SMILES string of the molecule is COC(=O)c1ncccn1.O=C(O)/C=C/C(=O)O. The van der Waals surface area contributed by atoms with Crippen LogP contribution in [0.5, 0.6) is 0 Å². The Morgan fingerprint density at radius 1 is 1.11 bits per heavy atom. The summed E-state index contributed by atoms with van der Waals surface area (Å²) in [6, 6.07) is 1.63. The van der Waals surface area contributed by atoms with Crippen LogP contribution in [0.3, 0.4) is 0 Å². The predicted molar refractivity (Wildman–Crippen MR) is 57.8 cm³/mol. The van der Waals surface area contributed by atoms with Crippen molar-refractivity contribution in [2.75, 3.05) is 7.11 Å². The number of carboxylic acids is 2. The molecule has 18 heavy (non-hydrogen) atoms. The van der Waals surface area contributed by atoms with Gasteiger partial charge in [-0.25, -0.2) is 24.4 Å². The van der Waals surface area contributed by atoms with Crippen LogP contribution in [0.25, 0.3) is 0 Å². The van der Waals surface area contributed by atoms with E-state index in [-0.39, 0.29) is 5.82 Å². The third-order valence-electron chi connectivity index (χ3n) is 1.30. The molecule has 1 heterocycles. The number of nitrogens with zero attached hydrogens (tertiary/aromatic N) is 2. The van der Waals surface area contributed by atoms with Crippen LogP contribution in [0.2, 0.25) is 0 Å². The van der Waals surface area contributed by atoms with Crippen LogP contribution in [0, 0.1) is 0 Å². The number of carbonyl (C=O) groups excluding carboxylic acids is 1. The van der Waals surface area contributed by atoms with E-state index < -0.39 is 17.9 Å². The van der Waals surface area contributed by atoms with Crippen molar-refractivity contribution in [3.05, 3.63) is 36.4 Å². The highest BCUT2D eigenvalue weighted by Crippen LogP contribution is 1.88. The minimum Gasteiger partial charge on any atom is -0.478 e. The average Bonchev–Trinajstić information content (AvgIpc) is 2.37. The number of carbonyl (C=O) groups is 3. The van der Waals surface area contributed by atoms with Crippen LogP contribution in [0.1, 0.15) is 10.6 Å². The summed E-state index contributed by atoms with van der Waals surface area (Å²) in [4.78, 5) is 37.1. The highest BCUT2D eigenvalue weighted by Gasteiger charge is 2.05. The molecule has 1 aromatic heterocycles. The monoisotopic (exact) mass is 254 g/mol. The number of ether oxygens (including phenoxy) is 1. The maximum Gasteiger partial charge on any atom is 0.376 e. The summed E-state index contributed by atoms with van der Waals surface area (Å²) in [7, 11) is 1.29. The van der Waals surface area contributed by atoms with Crippen molar-refractivity contribution in [2.24, 2.45) is 0 Å². The van der Waals surface area contributed by atoms with Crippen molar-refractivity contribution in [1.82, 2.24) is 9.97 Å². The van der Waals surface area contributed by atoms with Crippen LogP contribution in [0.15, 0.2) is 30.6 Å². The Balaban J connectivity index is 0.000000331. The molecule has 1 aromatic rings. The van der Waals surface area contributed by atoms with Gasteiger partial charge in [-0.1, -0.05) is 0 Å². The van der Waals surface area contributed by atoms with E-state index in [1.165, 1.54) is 19.5 Å². The number of esters is 1. The quantitative estimate of drug-likeness (QED) is 0.568. The summed E-state index contributed by atoms with van der Waals surface area (Å²) in [5.74, 6) is -2.94. The molecular formula is C10H10N2O6. The summed E-state index contributed by atoms with van der Waals surface area (Å²) in [5, 5.41) is 15.6. The van der Waals surface area contributed by atoms with Gasteiger partial charge in [0.05, 0.1) is 7.11 Å². The molecule has 8 nitrogen and oxygen atoms in total. The maximum atomic E-state index is 10.7. The molecule has 0 fully saturated rings. The molecular weight excluding hydrogens is 244 g/mol. The second kappa shape index (κ2) is 8.39. The van der Waals surface area contributed by atoms with E-state index in [0.717, 1.165) is 0 Å². The van der Waals surface area contributed by atoms with Gasteiger partial charge in [0.15, 0.2) is 0 Å². The van der Waals surface area contributed by atoms with E-state index in [9.17, 15) is 14.4 Å². The van der Waals surface area contributed by atoms with Gasteiger partial charge in [-0.2, -0.15) is 0 Å². The molecule has 0 aromatic carbocycles. The zero-order chi connectivity index (χ0) is 14.0. The van der Waals surface area contributed by atoms with E-state index in [1.54, 1.807) is 6.07 Å². The molecule has 0 saturated carbocycles. The largest absolute Gasteiger partial charge is 0.478 e. The molecule has 0 aliphatic heterocycles. The maximum absolute atomic E-state index is 10.7. The molecule has 2 N–H and O–H groups in total. The van der Waals surface area contributed by atoms with E-state index >= 15 is 0 Å². The van der Waals surface area contributed by atoms with Gasteiger partial charge in [0, 0.05) is 24.5 Å². The van der Waals surface area contributed by atoms with E-state index in [0.29, 0.717) is 12.2 Å². The Morgan fingerprint density at radius 3 is 1.89 bits per heavy atom. The predicted octanol–water partition coefficient (Wildman–Crippen LogP) is -0.0250. The first-order valence-corrected chi connectivity index (χ1v) is 4.46. The second-order valence-electron chi connectivity index (χ2n) is 2.57. The Kier molecular flexibility index (Phi) is 7.10.